The van der Waals surface area contributed by atoms with Crippen molar-refractivity contribution in [1.29, 1.82) is 0 Å². The molecule has 3 aromatic rings. The molecule has 160 valence electrons. The van der Waals surface area contributed by atoms with E-state index < -0.39 is 8.07 Å². The monoisotopic (exact) mass is 422 g/mol. The number of H-pyrrole nitrogens is 1. The maximum atomic E-state index is 6.09. The van der Waals surface area contributed by atoms with Crippen LogP contribution in [0, 0.1) is 25.2 Å². The van der Waals surface area contributed by atoms with Gasteiger partial charge in [-0.15, -0.1) is 0 Å². The van der Waals surface area contributed by atoms with E-state index in [2.05, 4.69) is 62.2 Å². The number of fused-ring (bicyclic) bond motifs is 3. The Morgan fingerprint density at radius 3 is 2.77 bits per heavy atom. The third-order valence-electron chi connectivity index (χ3n) is 7.26. The fourth-order valence-electron chi connectivity index (χ4n) is 4.82. The van der Waals surface area contributed by atoms with Crippen molar-refractivity contribution in [1.82, 2.24) is 19.7 Å². The fourth-order valence-corrected chi connectivity index (χ4v) is 5.58. The largest absolute Gasteiger partial charge is 0.360 e. The number of aryl methyl sites for hydroxylation is 2. The van der Waals surface area contributed by atoms with Crippen LogP contribution in [0.4, 0.5) is 0 Å². The lowest BCUT2D eigenvalue weighted by molar-refractivity contribution is 0.0757. The molecule has 2 heterocycles. The van der Waals surface area contributed by atoms with E-state index in [-0.39, 0.29) is 0 Å². The van der Waals surface area contributed by atoms with E-state index >= 15 is 0 Å². The minimum absolute atomic E-state index is 0.461. The van der Waals surface area contributed by atoms with Crippen molar-refractivity contribution in [2.24, 2.45) is 11.3 Å². The lowest BCUT2D eigenvalue weighted by atomic mass is 9.87. The molecule has 2 atom stereocenters. The third kappa shape index (κ3) is 3.54. The first-order chi connectivity index (χ1) is 14.1. The molecule has 6 heteroatoms. The number of aromatic nitrogens is 4. The van der Waals surface area contributed by atoms with E-state index in [1.807, 2.05) is 0 Å². The Hall–Kier alpha value is -1.92. The van der Waals surface area contributed by atoms with Crippen molar-refractivity contribution < 1.29 is 4.74 Å². The molecule has 2 aliphatic carbocycles. The summed E-state index contributed by atoms with van der Waals surface area (Å²) < 4.78 is 8.21. The SMILES string of the molecule is Cc1cc2nc(-c3nn(COCC[Si](C)(C)C)c4c3C[C@@H]3C[C@]3(C)C4)[nH]c2cc1C. The van der Waals surface area contributed by atoms with Gasteiger partial charge in [0.05, 0.1) is 11.0 Å². The van der Waals surface area contributed by atoms with E-state index in [1.54, 1.807) is 0 Å². The van der Waals surface area contributed by atoms with Gasteiger partial charge < -0.3 is 9.72 Å². The van der Waals surface area contributed by atoms with Gasteiger partial charge in [0.2, 0.25) is 0 Å². The van der Waals surface area contributed by atoms with Gasteiger partial charge in [0.25, 0.3) is 0 Å². The van der Waals surface area contributed by atoms with Crippen LogP contribution < -0.4 is 0 Å². The molecule has 0 radical (unpaired) electrons. The molecule has 1 fully saturated rings. The molecule has 0 aliphatic heterocycles. The first kappa shape index (κ1) is 20.0. The van der Waals surface area contributed by atoms with Gasteiger partial charge in [-0.05, 0) is 73.7 Å². The average Bonchev–Trinajstić information content (AvgIpc) is 2.97. The smallest absolute Gasteiger partial charge is 0.159 e. The molecule has 1 N–H and O–H groups in total. The molecule has 0 amide bonds. The van der Waals surface area contributed by atoms with Crippen LogP contribution in [-0.4, -0.2) is 34.4 Å². The molecule has 30 heavy (non-hydrogen) atoms. The second kappa shape index (κ2) is 6.79. The number of hydrogen-bond donors (Lipinski definition) is 1. The molecule has 2 aliphatic rings. The Morgan fingerprint density at radius 1 is 1.23 bits per heavy atom. The summed E-state index contributed by atoms with van der Waals surface area (Å²) in [6.07, 6.45) is 3.55. The summed E-state index contributed by atoms with van der Waals surface area (Å²) >= 11 is 0. The van der Waals surface area contributed by atoms with E-state index in [4.69, 9.17) is 14.8 Å². The molecule has 2 aromatic heterocycles. The van der Waals surface area contributed by atoms with Crippen LogP contribution in [0.2, 0.25) is 25.7 Å². The Balaban J connectivity index is 1.48. The summed E-state index contributed by atoms with van der Waals surface area (Å²) in [5.74, 6) is 1.69. The summed E-state index contributed by atoms with van der Waals surface area (Å²) in [7, 11) is -1.09. The van der Waals surface area contributed by atoms with E-state index in [0.717, 1.165) is 47.9 Å². The average molecular weight is 423 g/mol. The Kier molecular flexibility index (Phi) is 4.53. The van der Waals surface area contributed by atoms with Crippen molar-refractivity contribution in [3.63, 3.8) is 0 Å². The van der Waals surface area contributed by atoms with Crippen LogP contribution in [0.1, 0.15) is 35.7 Å². The number of rotatable bonds is 6. The van der Waals surface area contributed by atoms with Gasteiger partial charge in [-0.1, -0.05) is 26.6 Å². The number of benzene rings is 1. The number of aromatic amines is 1. The van der Waals surface area contributed by atoms with Crippen molar-refractivity contribution in [3.8, 4) is 11.5 Å². The molecule has 0 unspecified atom stereocenters. The molecule has 1 saturated carbocycles. The van der Waals surface area contributed by atoms with Crippen LogP contribution in [0.25, 0.3) is 22.6 Å². The topological polar surface area (TPSA) is 55.7 Å². The first-order valence-corrected chi connectivity index (χ1v) is 15.0. The van der Waals surface area contributed by atoms with E-state index in [0.29, 0.717) is 12.1 Å². The number of ether oxygens (including phenoxy) is 1. The number of nitrogens with zero attached hydrogens (tertiary/aromatic N) is 3. The standard InChI is InChI=1S/C24H34N4OSi/c1-15-9-19-20(10-16(15)2)26-23(25-19)22-18-11-17-12-24(17,3)13-21(18)28(27-22)14-29-7-8-30(4,5)6/h9-10,17H,7-8,11-14H2,1-6H3,(H,25,26)/t17-,24-/m1/s1. The van der Waals surface area contributed by atoms with Gasteiger partial charge >= 0.3 is 0 Å². The predicted molar refractivity (Wildman–Crippen MR) is 125 cm³/mol. The summed E-state index contributed by atoms with van der Waals surface area (Å²) in [5, 5.41) is 5.03. The van der Waals surface area contributed by atoms with Gasteiger partial charge in [0.1, 0.15) is 12.4 Å². The first-order valence-electron chi connectivity index (χ1n) is 11.3. The maximum absolute atomic E-state index is 6.09. The Bertz CT molecular complexity index is 1080. The molecule has 0 saturated heterocycles. The minimum Gasteiger partial charge on any atom is -0.360 e. The molecular weight excluding hydrogens is 388 g/mol. The number of imidazole rings is 1. The maximum Gasteiger partial charge on any atom is 0.159 e. The van der Waals surface area contributed by atoms with Gasteiger partial charge in [-0.2, -0.15) is 5.10 Å². The third-order valence-corrected chi connectivity index (χ3v) is 8.96. The summed E-state index contributed by atoms with van der Waals surface area (Å²) in [5.41, 5.74) is 8.91. The normalized spacial score (nSPS) is 22.9. The Morgan fingerprint density at radius 2 is 2.00 bits per heavy atom. The van der Waals surface area contributed by atoms with Crippen molar-refractivity contribution >= 4 is 19.1 Å². The van der Waals surface area contributed by atoms with Gasteiger partial charge in [0.15, 0.2) is 5.82 Å². The van der Waals surface area contributed by atoms with Gasteiger partial charge in [-0.25, -0.2) is 9.67 Å². The van der Waals surface area contributed by atoms with Crippen molar-refractivity contribution in [2.45, 2.75) is 72.4 Å². The minimum atomic E-state index is -1.09. The van der Waals surface area contributed by atoms with Crippen molar-refractivity contribution in [2.75, 3.05) is 6.61 Å². The zero-order valence-electron chi connectivity index (χ0n) is 19.2. The highest BCUT2D eigenvalue weighted by Crippen LogP contribution is 2.59. The zero-order valence-corrected chi connectivity index (χ0v) is 20.2. The predicted octanol–water partition coefficient (Wildman–Crippen LogP) is 5.48. The highest BCUT2D eigenvalue weighted by Gasteiger charge is 2.54. The fraction of sp³-hybridized carbons (Fsp3) is 0.583. The van der Waals surface area contributed by atoms with Crippen LogP contribution in [-0.2, 0) is 24.3 Å². The highest BCUT2D eigenvalue weighted by atomic mass is 28.3. The quantitative estimate of drug-likeness (QED) is 0.423. The van der Waals surface area contributed by atoms with Crippen LogP contribution in [0.5, 0.6) is 0 Å². The molecule has 0 spiro atoms. The molecule has 1 aromatic carbocycles. The van der Waals surface area contributed by atoms with E-state index in [9.17, 15) is 0 Å². The molecule has 5 nitrogen and oxygen atoms in total. The summed E-state index contributed by atoms with van der Waals surface area (Å²) in [4.78, 5) is 8.47. The van der Waals surface area contributed by atoms with Gasteiger partial charge in [0, 0.05) is 25.9 Å². The number of hydrogen-bond acceptors (Lipinski definition) is 3. The van der Waals surface area contributed by atoms with Crippen LogP contribution >= 0.6 is 0 Å². The second-order valence-corrected chi connectivity index (χ2v) is 16.7. The molecular formula is C24H34N4OSi. The lowest BCUT2D eigenvalue weighted by Gasteiger charge is -2.20. The number of nitrogens with one attached hydrogen (secondary N) is 1. The molecule has 5 rings (SSSR count). The van der Waals surface area contributed by atoms with Crippen molar-refractivity contribution in [3.05, 3.63) is 34.5 Å². The van der Waals surface area contributed by atoms with E-state index in [1.165, 1.54) is 34.8 Å². The second-order valence-electron chi connectivity index (χ2n) is 11.1. The lowest BCUT2D eigenvalue weighted by Crippen LogP contribution is -2.23. The molecule has 0 bridgehead atoms. The van der Waals surface area contributed by atoms with Gasteiger partial charge in [-0.3, -0.25) is 0 Å². The van der Waals surface area contributed by atoms with Crippen LogP contribution in [0.15, 0.2) is 12.1 Å². The van der Waals surface area contributed by atoms with Crippen LogP contribution in [0.3, 0.4) is 0 Å². The highest BCUT2D eigenvalue weighted by molar-refractivity contribution is 6.76. The Labute approximate surface area is 180 Å². The summed E-state index contributed by atoms with van der Waals surface area (Å²) in [6.45, 7) is 15.3. The summed E-state index contributed by atoms with van der Waals surface area (Å²) in [6, 6.07) is 5.55. The zero-order chi connectivity index (χ0) is 21.3.